The van der Waals surface area contributed by atoms with E-state index in [2.05, 4.69) is 0 Å². The van der Waals surface area contributed by atoms with Crippen LogP contribution in [0.5, 0.6) is 5.75 Å². The third kappa shape index (κ3) is 2.21. The number of methoxy groups -OCH3 is 1. The van der Waals surface area contributed by atoms with E-state index in [9.17, 15) is 9.18 Å². The van der Waals surface area contributed by atoms with Gasteiger partial charge in [0, 0.05) is 10.6 Å². The lowest BCUT2D eigenvalue weighted by atomic mass is 9.97. The van der Waals surface area contributed by atoms with Crippen LogP contribution >= 0.6 is 11.6 Å². The van der Waals surface area contributed by atoms with E-state index in [1.807, 2.05) is 0 Å². The molecule has 0 bridgehead atoms. The van der Waals surface area contributed by atoms with Crippen LogP contribution in [0.15, 0.2) is 18.2 Å². The number of halogens is 2. The number of ether oxygens (including phenoxy) is 1. The number of carbonyl (C=O) groups is 1. The molecule has 1 unspecified atom stereocenters. The van der Waals surface area contributed by atoms with Crippen LogP contribution in [0.2, 0.25) is 5.02 Å². The first-order valence-corrected chi connectivity index (χ1v) is 4.53. The van der Waals surface area contributed by atoms with Gasteiger partial charge in [0.05, 0.1) is 7.11 Å². The molecule has 0 radical (unpaired) electrons. The van der Waals surface area contributed by atoms with E-state index in [0.717, 1.165) is 6.92 Å². The van der Waals surface area contributed by atoms with E-state index in [1.165, 1.54) is 25.3 Å². The van der Waals surface area contributed by atoms with E-state index in [0.29, 0.717) is 0 Å². The minimum atomic E-state index is -2.52. The van der Waals surface area contributed by atoms with E-state index in [-0.39, 0.29) is 16.3 Å². The second kappa shape index (κ2) is 4.06. The van der Waals surface area contributed by atoms with Crippen LogP contribution in [0.25, 0.3) is 0 Å². The molecule has 1 rings (SSSR count). The van der Waals surface area contributed by atoms with Crippen molar-refractivity contribution in [3.63, 3.8) is 0 Å². The standard InChI is InChI=1S/C10H10ClFO3/c1-10(12,9(13)14)7-5-6(11)3-4-8(7)15-2/h3-5H,1-2H3,(H,13,14). The third-order valence-electron chi connectivity index (χ3n) is 2.07. The highest BCUT2D eigenvalue weighted by Gasteiger charge is 2.37. The summed E-state index contributed by atoms with van der Waals surface area (Å²) in [6, 6.07) is 4.18. The van der Waals surface area contributed by atoms with Crippen molar-refractivity contribution < 1.29 is 19.0 Å². The third-order valence-corrected chi connectivity index (χ3v) is 2.30. The summed E-state index contributed by atoms with van der Waals surface area (Å²) >= 11 is 5.67. The summed E-state index contributed by atoms with van der Waals surface area (Å²) in [5, 5.41) is 8.99. The Balaban J connectivity index is 3.34. The topological polar surface area (TPSA) is 46.5 Å². The zero-order valence-electron chi connectivity index (χ0n) is 8.25. The highest BCUT2D eigenvalue weighted by molar-refractivity contribution is 6.30. The fraction of sp³-hybridized carbons (Fsp3) is 0.300. The smallest absolute Gasteiger partial charge is 0.346 e. The van der Waals surface area contributed by atoms with Gasteiger partial charge in [-0.25, -0.2) is 9.18 Å². The Bertz CT molecular complexity index is 390. The number of rotatable bonds is 3. The highest BCUT2D eigenvalue weighted by Crippen LogP contribution is 2.35. The Hall–Kier alpha value is -1.29. The Morgan fingerprint density at radius 3 is 2.67 bits per heavy atom. The second-order valence-corrected chi connectivity index (χ2v) is 3.59. The maximum atomic E-state index is 13.8. The zero-order chi connectivity index (χ0) is 11.6. The van der Waals surface area contributed by atoms with Gasteiger partial charge in [-0.3, -0.25) is 0 Å². The molecular formula is C10H10ClFO3. The largest absolute Gasteiger partial charge is 0.496 e. The normalized spacial score (nSPS) is 14.4. The van der Waals surface area contributed by atoms with Crippen LogP contribution in [-0.4, -0.2) is 18.2 Å². The number of hydrogen-bond acceptors (Lipinski definition) is 2. The highest BCUT2D eigenvalue weighted by atomic mass is 35.5. The lowest BCUT2D eigenvalue weighted by Crippen LogP contribution is -2.27. The summed E-state index contributed by atoms with van der Waals surface area (Å²) in [4.78, 5) is 10.7. The molecule has 0 aliphatic rings. The molecule has 0 amide bonds. The molecule has 0 heterocycles. The number of hydrogen-bond donors (Lipinski definition) is 1. The van der Waals surface area contributed by atoms with Crippen molar-refractivity contribution in [2.75, 3.05) is 7.11 Å². The van der Waals surface area contributed by atoms with Crippen molar-refractivity contribution in [3.8, 4) is 5.75 Å². The van der Waals surface area contributed by atoms with Gasteiger partial charge in [0.1, 0.15) is 5.75 Å². The molecule has 0 spiro atoms. The Kier molecular flexibility index (Phi) is 3.19. The average Bonchev–Trinajstić information content (AvgIpc) is 2.17. The molecule has 15 heavy (non-hydrogen) atoms. The van der Waals surface area contributed by atoms with Crippen molar-refractivity contribution in [1.82, 2.24) is 0 Å². The molecule has 0 fully saturated rings. The van der Waals surface area contributed by atoms with Crippen LogP contribution < -0.4 is 4.74 Å². The molecule has 1 atom stereocenters. The molecule has 1 N–H and O–H groups in total. The summed E-state index contributed by atoms with van der Waals surface area (Å²) in [5.74, 6) is -1.42. The molecule has 1 aromatic rings. The summed E-state index contributed by atoms with van der Waals surface area (Å²) in [6.07, 6.45) is 0. The predicted octanol–water partition coefficient (Wildman–Crippen LogP) is 2.62. The minimum absolute atomic E-state index is 0.0926. The van der Waals surface area contributed by atoms with Crippen LogP contribution in [-0.2, 0) is 10.5 Å². The fourth-order valence-corrected chi connectivity index (χ4v) is 1.33. The van der Waals surface area contributed by atoms with E-state index in [4.69, 9.17) is 21.4 Å². The van der Waals surface area contributed by atoms with Gasteiger partial charge in [0.25, 0.3) is 0 Å². The van der Waals surface area contributed by atoms with Crippen molar-refractivity contribution in [2.24, 2.45) is 0 Å². The summed E-state index contributed by atoms with van der Waals surface area (Å²) in [6.45, 7) is 0.948. The molecule has 82 valence electrons. The average molecular weight is 233 g/mol. The molecule has 5 heteroatoms. The van der Waals surface area contributed by atoms with Crippen molar-refractivity contribution in [3.05, 3.63) is 28.8 Å². The Labute approximate surface area is 91.4 Å². The maximum absolute atomic E-state index is 13.8. The molecule has 0 aliphatic heterocycles. The number of alkyl halides is 1. The first kappa shape index (κ1) is 11.8. The molecule has 3 nitrogen and oxygen atoms in total. The molecule has 1 aromatic carbocycles. The van der Waals surface area contributed by atoms with Gasteiger partial charge in [-0.05, 0) is 25.1 Å². The number of benzene rings is 1. The van der Waals surface area contributed by atoms with Crippen molar-refractivity contribution in [2.45, 2.75) is 12.6 Å². The van der Waals surface area contributed by atoms with E-state index in [1.54, 1.807) is 0 Å². The lowest BCUT2D eigenvalue weighted by Gasteiger charge is -2.18. The second-order valence-electron chi connectivity index (χ2n) is 3.15. The Morgan fingerprint density at radius 2 is 2.20 bits per heavy atom. The SMILES string of the molecule is COc1ccc(Cl)cc1C(C)(F)C(=O)O. The van der Waals surface area contributed by atoms with Gasteiger partial charge in [-0.2, -0.15) is 0 Å². The van der Waals surface area contributed by atoms with Crippen molar-refractivity contribution in [1.29, 1.82) is 0 Å². The van der Waals surface area contributed by atoms with Gasteiger partial charge in [0.15, 0.2) is 0 Å². The van der Waals surface area contributed by atoms with E-state index < -0.39 is 11.6 Å². The maximum Gasteiger partial charge on any atom is 0.346 e. The Morgan fingerprint density at radius 1 is 1.60 bits per heavy atom. The summed E-state index contributed by atoms with van der Waals surface area (Å²) in [5.41, 5.74) is -2.61. The van der Waals surface area contributed by atoms with Gasteiger partial charge >= 0.3 is 5.97 Å². The van der Waals surface area contributed by atoms with Crippen LogP contribution in [0, 0.1) is 0 Å². The zero-order valence-corrected chi connectivity index (χ0v) is 9.01. The van der Waals surface area contributed by atoms with Crippen LogP contribution in [0.3, 0.4) is 0 Å². The van der Waals surface area contributed by atoms with Crippen molar-refractivity contribution >= 4 is 17.6 Å². The fourth-order valence-electron chi connectivity index (χ4n) is 1.16. The van der Waals surface area contributed by atoms with Gasteiger partial charge < -0.3 is 9.84 Å². The lowest BCUT2D eigenvalue weighted by molar-refractivity contribution is -0.150. The molecule has 0 aromatic heterocycles. The first-order valence-electron chi connectivity index (χ1n) is 4.16. The number of carboxylic acids is 1. The van der Waals surface area contributed by atoms with Crippen LogP contribution in [0.1, 0.15) is 12.5 Å². The number of aliphatic carboxylic acids is 1. The van der Waals surface area contributed by atoms with Crippen LogP contribution in [0.4, 0.5) is 4.39 Å². The monoisotopic (exact) mass is 232 g/mol. The predicted molar refractivity (Wildman–Crippen MR) is 54.1 cm³/mol. The first-order chi connectivity index (χ1) is 6.89. The van der Waals surface area contributed by atoms with Gasteiger partial charge in [0.2, 0.25) is 5.67 Å². The summed E-state index contributed by atoms with van der Waals surface area (Å²) in [7, 11) is 1.34. The van der Waals surface area contributed by atoms with Gasteiger partial charge in [-0.1, -0.05) is 11.6 Å². The van der Waals surface area contributed by atoms with E-state index >= 15 is 0 Å². The quantitative estimate of drug-likeness (QED) is 0.872. The molecule has 0 saturated heterocycles. The number of carboxylic acid groups (broad SMARTS) is 1. The minimum Gasteiger partial charge on any atom is -0.496 e. The molecule has 0 aliphatic carbocycles. The summed E-state index contributed by atoms with van der Waals surface area (Å²) < 4.78 is 18.7. The molecule has 0 saturated carbocycles. The van der Waals surface area contributed by atoms with Gasteiger partial charge in [-0.15, -0.1) is 0 Å². The molecular weight excluding hydrogens is 223 g/mol.